The molecule has 0 saturated heterocycles. The molecule has 1 aliphatic rings. The van der Waals surface area contributed by atoms with Crippen molar-refractivity contribution < 1.29 is 4.74 Å². The summed E-state index contributed by atoms with van der Waals surface area (Å²) < 4.78 is 9.71. The molecule has 0 radical (unpaired) electrons. The topological polar surface area (TPSA) is 69.8 Å². The molecule has 0 unspecified atom stereocenters. The molecule has 0 fully saturated rings. The fourth-order valence-corrected chi connectivity index (χ4v) is 3.75. The van der Waals surface area contributed by atoms with Gasteiger partial charge in [-0.15, -0.1) is 16.4 Å². The van der Waals surface area contributed by atoms with E-state index in [1.165, 1.54) is 9.75 Å². The lowest BCUT2D eigenvalue weighted by molar-refractivity contribution is 0.00128. The van der Waals surface area contributed by atoms with Crippen molar-refractivity contribution in [3.8, 4) is 11.3 Å². The number of hydrogen-bond donors (Lipinski definition) is 1. The van der Waals surface area contributed by atoms with E-state index < -0.39 is 0 Å². The molecule has 4 rings (SSSR count). The molecule has 3 aromatic heterocycles. The van der Waals surface area contributed by atoms with Gasteiger partial charge in [0.2, 0.25) is 0 Å². The van der Waals surface area contributed by atoms with Crippen LogP contribution < -0.4 is 5.32 Å². The van der Waals surface area contributed by atoms with Crippen LogP contribution in [0.25, 0.3) is 11.3 Å². The van der Waals surface area contributed by atoms with Gasteiger partial charge in [-0.1, -0.05) is 5.21 Å². The van der Waals surface area contributed by atoms with Gasteiger partial charge in [0.1, 0.15) is 5.69 Å². The van der Waals surface area contributed by atoms with Crippen molar-refractivity contribution in [2.45, 2.75) is 32.7 Å². The predicted octanol–water partition coefficient (Wildman–Crippen LogP) is 1.74. The first kappa shape index (κ1) is 15.5. The van der Waals surface area contributed by atoms with E-state index in [-0.39, 0.29) is 6.10 Å². The van der Waals surface area contributed by atoms with Gasteiger partial charge in [-0.05, 0) is 19.1 Å². The molecule has 1 N–H and O–H groups in total. The Kier molecular flexibility index (Phi) is 4.17. The molecule has 0 spiro atoms. The Morgan fingerprint density at radius 2 is 2.33 bits per heavy atom. The van der Waals surface area contributed by atoms with Crippen molar-refractivity contribution >= 4 is 11.3 Å². The standard InChI is InChI=1S/C16H20N6OS/c1-11-3-4-14(24-11)7-17-6-13-9-22-15(10-23-13)16(19-20-22)12-5-18-21(2)8-12/h3-5,8,13,17H,6-7,9-10H2,1-2H3/t13-/m0/s1. The highest BCUT2D eigenvalue weighted by molar-refractivity contribution is 7.11. The zero-order chi connectivity index (χ0) is 16.5. The largest absolute Gasteiger partial charge is 0.369 e. The van der Waals surface area contributed by atoms with Gasteiger partial charge >= 0.3 is 0 Å². The fourth-order valence-electron chi connectivity index (χ4n) is 2.89. The Morgan fingerprint density at radius 1 is 1.42 bits per heavy atom. The quantitative estimate of drug-likeness (QED) is 0.763. The third-order valence-corrected chi connectivity index (χ3v) is 5.12. The van der Waals surface area contributed by atoms with Gasteiger partial charge in [-0.2, -0.15) is 5.10 Å². The second kappa shape index (κ2) is 6.46. The van der Waals surface area contributed by atoms with E-state index in [4.69, 9.17) is 4.74 Å². The molecule has 4 heterocycles. The van der Waals surface area contributed by atoms with Crippen molar-refractivity contribution in [1.29, 1.82) is 0 Å². The number of hydrogen-bond acceptors (Lipinski definition) is 6. The second-order valence-electron chi connectivity index (χ2n) is 6.05. The van der Waals surface area contributed by atoms with Crippen molar-refractivity contribution in [2.24, 2.45) is 7.05 Å². The number of ether oxygens (including phenoxy) is 1. The third-order valence-electron chi connectivity index (χ3n) is 4.12. The van der Waals surface area contributed by atoms with Crippen LogP contribution in [0.3, 0.4) is 0 Å². The minimum absolute atomic E-state index is 0.113. The molecule has 0 saturated carbocycles. The molecule has 0 aromatic carbocycles. The zero-order valence-electron chi connectivity index (χ0n) is 13.8. The summed E-state index contributed by atoms with van der Waals surface area (Å²) >= 11 is 1.83. The lowest BCUT2D eigenvalue weighted by Gasteiger charge is -2.24. The van der Waals surface area contributed by atoms with E-state index in [0.717, 1.165) is 36.6 Å². The molecule has 0 amide bonds. The maximum absolute atomic E-state index is 5.99. The van der Waals surface area contributed by atoms with Crippen LogP contribution in [0.5, 0.6) is 0 Å². The van der Waals surface area contributed by atoms with E-state index in [0.29, 0.717) is 6.61 Å². The molecule has 7 nitrogen and oxygen atoms in total. The highest BCUT2D eigenvalue weighted by atomic mass is 32.1. The molecule has 0 aliphatic carbocycles. The minimum atomic E-state index is 0.113. The maximum Gasteiger partial charge on any atom is 0.121 e. The molecular weight excluding hydrogens is 324 g/mol. The number of nitrogens with zero attached hydrogens (tertiary/aromatic N) is 5. The van der Waals surface area contributed by atoms with Gasteiger partial charge in [-0.25, -0.2) is 4.68 Å². The first-order chi connectivity index (χ1) is 11.7. The van der Waals surface area contributed by atoms with Gasteiger partial charge in [0, 0.05) is 41.7 Å². The smallest absolute Gasteiger partial charge is 0.121 e. The number of fused-ring (bicyclic) bond motifs is 1. The van der Waals surface area contributed by atoms with Crippen molar-refractivity contribution in [3.63, 3.8) is 0 Å². The summed E-state index contributed by atoms with van der Waals surface area (Å²) in [5.74, 6) is 0. The molecular formula is C16H20N6OS. The molecule has 0 bridgehead atoms. The third kappa shape index (κ3) is 3.12. The first-order valence-corrected chi connectivity index (χ1v) is 8.79. The summed E-state index contributed by atoms with van der Waals surface area (Å²) in [5, 5.41) is 16.3. The fraction of sp³-hybridized carbons (Fsp3) is 0.438. The van der Waals surface area contributed by atoms with E-state index in [1.807, 2.05) is 35.5 Å². The summed E-state index contributed by atoms with van der Waals surface area (Å²) in [6.07, 6.45) is 3.87. The average molecular weight is 344 g/mol. The molecule has 3 aromatic rings. The average Bonchev–Trinajstić information content (AvgIpc) is 3.27. The summed E-state index contributed by atoms with van der Waals surface area (Å²) in [6.45, 7) is 5.06. The highest BCUT2D eigenvalue weighted by Gasteiger charge is 2.24. The first-order valence-electron chi connectivity index (χ1n) is 7.98. The number of aromatic nitrogens is 5. The van der Waals surface area contributed by atoms with Crippen LogP contribution >= 0.6 is 11.3 Å². The van der Waals surface area contributed by atoms with Gasteiger partial charge in [0.25, 0.3) is 0 Å². The van der Waals surface area contributed by atoms with Crippen LogP contribution in [0.2, 0.25) is 0 Å². The lowest BCUT2D eigenvalue weighted by atomic mass is 10.2. The summed E-state index contributed by atoms with van der Waals surface area (Å²) in [5.41, 5.74) is 2.86. The Morgan fingerprint density at radius 3 is 3.08 bits per heavy atom. The number of thiophene rings is 1. The van der Waals surface area contributed by atoms with Gasteiger partial charge in [0.15, 0.2) is 0 Å². The van der Waals surface area contributed by atoms with E-state index in [1.54, 1.807) is 4.68 Å². The monoisotopic (exact) mass is 344 g/mol. The SMILES string of the molecule is Cc1ccc(CNC[C@H]2Cn3nnc(-c4cnn(C)c4)c3CO2)s1. The molecule has 1 atom stereocenters. The molecule has 1 aliphatic heterocycles. The number of nitrogens with one attached hydrogen (secondary N) is 1. The van der Waals surface area contributed by atoms with Gasteiger partial charge < -0.3 is 10.1 Å². The zero-order valence-corrected chi connectivity index (χ0v) is 14.6. The summed E-state index contributed by atoms with van der Waals surface area (Å²) in [6, 6.07) is 4.32. The van der Waals surface area contributed by atoms with Gasteiger partial charge in [0.05, 0.1) is 31.1 Å². The van der Waals surface area contributed by atoms with E-state index >= 15 is 0 Å². The van der Waals surface area contributed by atoms with Crippen molar-refractivity contribution in [2.75, 3.05) is 6.54 Å². The Hall–Kier alpha value is -2.03. The lowest BCUT2D eigenvalue weighted by Crippen LogP contribution is -2.36. The molecule has 24 heavy (non-hydrogen) atoms. The number of rotatable bonds is 5. The Labute approximate surface area is 144 Å². The van der Waals surface area contributed by atoms with Crippen LogP contribution in [-0.4, -0.2) is 37.4 Å². The predicted molar refractivity (Wildman–Crippen MR) is 91.6 cm³/mol. The van der Waals surface area contributed by atoms with Crippen LogP contribution in [0.1, 0.15) is 15.4 Å². The van der Waals surface area contributed by atoms with Crippen LogP contribution in [-0.2, 0) is 31.5 Å². The number of aryl methyl sites for hydroxylation is 2. The summed E-state index contributed by atoms with van der Waals surface area (Å²) in [7, 11) is 1.90. The van der Waals surface area contributed by atoms with Crippen molar-refractivity contribution in [1.82, 2.24) is 30.1 Å². The Bertz CT molecular complexity index is 835. The van der Waals surface area contributed by atoms with Crippen LogP contribution in [0, 0.1) is 6.92 Å². The minimum Gasteiger partial charge on any atom is -0.369 e. The van der Waals surface area contributed by atoms with Gasteiger partial charge in [-0.3, -0.25) is 4.68 Å². The van der Waals surface area contributed by atoms with Crippen molar-refractivity contribution in [3.05, 3.63) is 40.0 Å². The van der Waals surface area contributed by atoms with E-state index in [9.17, 15) is 0 Å². The molecule has 126 valence electrons. The highest BCUT2D eigenvalue weighted by Crippen LogP contribution is 2.24. The second-order valence-corrected chi connectivity index (χ2v) is 7.42. The van der Waals surface area contributed by atoms with Crippen LogP contribution in [0.4, 0.5) is 0 Å². The Balaban J connectivity index is 1.37. The van der Waals surface area contributed by atoms with Crippen LogP contribution in [0.15, 0.2) is 24.5 Å². The maximum atomic E-state index is 5.99. The summed E-state index contributed by atoms with van der Waals surface area (Å²) in [4.78, 5) is 2.69. The molecule has 8 heteroatoms. The normalized spacial score (nSPS) is 17.2. The van der Waals surface area contributed by atoms with E-state index in [2.05, 4.69) is 39.8 Å².